The van der Waals surface area contributed by atoms with Crippen molar-refractivity contribution in [2.75, 3.05) is 18.4 Å². The number of amides is 1. The molecule has 1 fully saturated rings. The molecule has 1 aromatic carbocycles. The maximum absolute atomic E-state index is 12.1. The van der Waals surface area contributed by atoms with Crippen LogP contribution in [0.5, 0.6) is 0 Å². The van der Waals surface area contributed by atoms with Crippen molar-refractivity contribution in [3.8, 4) is 0 Å². The van der Waals surface area contributed by atoms with Crippen molar-refractivity contribution in [1.82, 2.24) is 10.3 Å². The summed E-state index contributed by atoms with van der Waals surface area (Å²) in [5.74, 6) is 0.210. The Balaban J connectivity index is 1.72. The van der Waals surface area contributed by atoms with E-state index in [1.165, 1.54) is 0 Å². The lowest BCUT2D eigenvalue weighted by molar-refractivity contribution is -0.120. The number of fused-ring (bicyclic) bond motifs is 1. The van der Waals surface area contributed by atoms with Crippen molar-refractivity contribution in [1.29, 1.82) is 0 Å². The number of nitrogens with one attached hydrogen (secondary N) is 2. The van der Waals surface area contributed by atoms with Gasteiger partial charge in [-0.05, 0) is 37.6 Å². The van der Waals surface area contributed by atoms with Gasteiger partial charge in [0.05, 0.1) is 21.6 Å². The zero-order chi connectivity index (χ0) is 12.4. The molecular formula is C13H15N3OS. The molecule has 1 aromatic heterocycles. The first-order valence-corrected chi connectivity index (χ1v) is 7.06. The standard InChI is InChI=1S/C13H15N3OS/c17-13(9-2-1-5-14-7-9)16-10-3-4-11-12(6-10)18-8-15-11/h3-4,6,8-9,14H,1-2,5,7H2,(H,16,17)/t9-/m1/s1. The second-order valence-corrected chi connectivity index (χ2v) is 5.45. The van der Waals surface area contributed by atoms with Crippen LogP contribution in [-0.2, 0) is 4.79 Å². The molecule has 2 heterocycles. The highest BCUT2D eigenvalue weighted by Gasteiger charge is 2.20. The Labute approximate surface area is 109 Å². The van der Waals surface area contributed by atoms with Gasteiger partial charge in [0.15, 0.2) is 0 Å². The van der Waals surface area contributed by atoms with E-state index in [1.54, 1.807) is 11.3 Å². The summed E-state index contributed by atoms with van der Waals surface area (Å²) in [7, 11) is 0. The maximum atomic E-state index is 12.1. The van der Waals surface area contributed by atoms with Crippen molar-refractivity contribution in [3.05, 3.63) is 23.7 Å². The van der Waals surface area contributed by atoms with Gasteiger partial charge < -0.3 is 10.6 Å². The van der Waals surface area contributed by atoms with E-state index in [0.717, 1.165) is 41.8 Å². The molecule has 5 heteroatoms. The minimum atomic E-state index is 0.0934. The molecule has 1 saturated heterocycles. The molecule has 1 aliphatic rings. The predicted molar refractivity (Wildman–Crippen MR) is 73.8 cm³/mol. The van der Waals surface area contributed by atoms with Crippen molar-refractivity contribution in [2.45, 2.75) is 12.8 Å². The van der Waals surface area contributed by atoms with Crippen molar-refractivity contribution in [3.63, 3.8) is 0 Å². The number of hydrogen-bond donors (Lipinski definition) is 2. The molecule has 0 radical (unpaired) electrons. The van der Waals surface area contributed by atoms with Gasteiger partial charge in [-0.3, -0.25) is 4.79 Å². The average Bonchev–Trinajstić information content (AvgIpc) is 2.87. The number of aromatic nitrogens is 1. The van der Waals surface area contributed by atoms with Gasteiger partial charge in [-0.15, -0.1) is 11.3 Å². The molecule has 1 atom stereocenters. The molecule has 3 rings (SSSR count). The number of carbonyl (C=O) groups excluding carboxylic acids is 1. The summed E-state index contributed by atoms with van der Waals surface area (Å²) in [4.78, 5) is 16.3. The fourth-order valence-electron chi connectivity index (χ4n) is 2.25. The van der Waals surface area contributed by atoms with Gasteiger partial charge in [-0.25, -0.2) is 4.98 Å². The number of thiazole rings is 1. The van der Waals surface area contributed by atoms with E-state index in [2.05, 4.69) is 15.6 Å². The number of nitrogens with zero attached hydrogens (tertiary/aromatic N) is 1. The molecule has 4 nitrogen and oxygen atoms in total. The van der Waals surface area contributed by atoms with Crippen molar-refractivity contribution < 1.29 is 4.79 Å². The molecule has 0 saturated carbocycles. The van der Waals surface area contributed by atoms with Crippen LogP contribution in [0, 0.1) is 5.92 Å². The molecule has 2 aromatic rings. The second kappa shape index (κ2) is 5.04. The van der Waals surface area contributed by atoms with E-state index in [0.29, 0.717) is 0 Å². The number of rotatable bonds is 2. The van der Waals surface area contributed by atoms with E-state index in [4.69, 9.17) is 0 Å². The molecule has 0 spiro atoms. The van der Waals surface area contributed by atoms with Gasteiger partial charge in [-0.2, -0.15) is 0 Å². The summed E-state index contributed by atoms with van der Waals surface area (Å²) < 4.78 is 1.11. The largest absolute Gasteiger partial charge is 0.326 e. The number of carbonyl (C=O) groups is 1. The first-order valence-electron chi connectivity index (χ1n) is 6.18. The van der Waals surface area contributed by atoms with Gasteiger partial charge in [-0.1, -0.05) is 0 Å². The first-order chi connectivity index (χ1) is 8.83. The monoisotopic (exact) mass is 261 g/mol. The highest BCUT2D eigenvalue weighted by molar-refractivity contribution is 7.16. The van der Waals surface area contributed by atoms with Crippen LogP contribution in [0.3, 0.4) is 0 Å². The lowest BCUT2D eigenvalue weighted by Gasteiger charge is -2.21. The zero-order valence-electron chi connectivity index (χ0n) is 9.98. The molecule has 94 valence electrons. The average molecular weight is 261 g/mol. The van der Waals surface area contributed by atoms with Crippen molar-refractivity contribution >= 4 is 33.1 Å². The van der Waals surface area contributed by atoms with Crippen LogP contribution >= 0.6 is 11.3 Å². The molecule has 0 aliphatic carbocycles. The Hall–Kier alpha value is -1.46. The Bertz CT molecular complexity index is 560. The van der Waals surface area contributed by atoms with Gasteiger partial charge in [0.25, 0.3) is 0 Å². The third kappa shape index (κ3) is 2.37. The van der Waals surface area contributed by atoms with Crippen LogP contribution in [0.1, 0.15) is 12.8 Å². The molecular weight excluding hydrogens is 246 g/mol. The van der Waals surface area contributed by atoms with Crippen LogP contribution in [0.15, 0.2) is 23.7 Å². The van der Waals surface area contributed by atoms with E-state index in [9.17, 15) is 4.79 Å². The molecule has 1 aliphatic heterocycles. The Morgan fingerprint density at radius 3 is 3.28 bits per heavy atom. The predicted octanol–water partition coefficient (Wildman–Crippen LogP) is 2.23. The van der Waals surface area contributed by atoms with Gasteiger partial charge >= 0.3 is 0 Å². The Morgan fingerprint density at radius 2 is 2.44 bits per heavy atom. The van der Waals surface area contributed by atoms with Crippen LogP contribution in [-0.4, -0.2) is 24.0 Å². The summed E-state index contributed by atoms with van der Waals surface area (Å²) in [5.41, 5.74) is 3.67. The normalized spacial score (nSPS) is 19.9. The minimum absolute atomic E-state index is 0.0934. The van der Waals surface area contributed by atoms with Gasteiger partial charge in [0.1, 0.15) is 0 Å². The highest BCUT2D eigenvalue weighted by Crippen LogP contribution is 2.22. The summed E-state index contributed by atoms with van der Waals surface area (Å²) in [6, 6.07) is 5.85. The maximum Gasteiger partial charge on any atom is 0.228 e. The van der Waals surface area contributed by atoms with Crippen LogP contribution in [0.4, 0.5) is 5.69 Å². The highest BCUT2D eigenvalue weighted by atomic mass is 32.1. The summed E-state index contributed by atoms with van der Waals surface area (Å²) in [6.45, 7) is 1.81. The Morgan fingerprint density at radius 1 is 1.50 bits per heavy atom. The summed E-state index contributed by atoms with van der Waals surface area (Å²) >= 11 is 1.59. The molecule has 2 N–H and O–H groups in total. The third-order valence-corrected chi connectivity index (χ3v) is 4.06. The fraction of sp³-hybridized carbons (Fsp3) is 0.385. The van der Waals surface area contributed by atoms with Crippen LogP contribution in [0.2, 0.25) is 0 Å². The zero-order valence-corrected chi connectivity index (χ0v) is 10.8. The molecule has 0 bridgehead atoms. The van der Waals surface area contributed by atoms with Gasteiger partial charge in [0.2, 0.25) is 5.91 Å². The van der Waals surface area contributed by atoms with E-state index in [-0.39, 0.29) is 11.8 Å². The summed E-state index contributed by atoms with van der Waals surface area (Å²) in [6.07, 6.45) is 2.05. The smallest absolute Gasteiger partial charge is 0.228 e. The second-order valence-electron chi connectivity index (χ2n) is 4.57. The lowest BCUT2D eigenvalue weighted by atomic mass is 9.99. The first kappa shape index (κ1) is 11.6. The van der Waals surface area contributed by atoms with Gasteiger partial charge in [0, 0.05) is 12.2 Å². The lowest BCUT2D eigenvalue weighted by Crippen LogP contribution is -2.37. The minimum Gasteiger partial charge on any atom is -0.326 e. The SMILES string of the molecule is O=C(Nc1ccc2ncsc2c1)[C@@H]1CCCNC1. The number of anilines is 1. The topological polar surface area (TPSA) is 54.0 Å². The summed E-state index contributed by atoms with van der Waals surface area (Å²) in [5, 5.41) is 6.25. The van der Waals surface area contributed by atoms with E-state index in [1.807, 2.05) is 23.7 Å². The Kier molecular flexibility index (Phi) is 3.25. The number of piperidine rings is 1. The van der Waals surface area contributed by atoms with Crippen LogP contribution < -0.4 is 10.6 Å². The quantitative estimate of drug-likeness (QED) is 0.871. The van der Waals surface area contributed by atoms with E-state index >= 15 is 0 Å². The van der Waals surface area contributed by atoms with Crippen LogP contribution in [0.25, 0.3) is 10.2 Å². The third-order valence-electron chi connectivity index (χ3n) is 3.27. The van der Waals surface area contributed by atoms with Crippen molar-refractivity contribution in [2.24, 2.45) is 5.92 Å². The number of hydrogen-bond acceptors (Lipinski definition) is 4. The molecule has 0 unspecified atom stereocenters. The molecule has 18 heavy (non-hydrogen) atoms. The number of benzene rings is 1. The molecule has 1 amide bonds. The van der Waals surface area contributed by atoms with E-state index < -0.39 is 0 Å². The fourth-order valence-corrected chi connectivity index (χ4v) is 2.97.